The maximum Gasteiger partial charge on any atom is 0.294 e. The Labute approximate surface area is 163 Å². The average Bonchev–Trinajstić information content (AvgIpc) is 3.23. The van der Waals surface area contributed by atoms with Crippen LogP contribution in [0.2, 0.25) is 0 Å². The Hall–Kier alpha value is -3.33. The smallest absolute Gasteiger partial charge is 0.294 e. The fourth-order valence-electron chi connectivity index (χ4n) is 2.67. The molecule has 2 aromatic carbocycles. The number of carbonyl (C=O) groups is 3. The number of thioether (sulfide) groups is 1. The zero-order valence-electron chi connectivity index (χ0n) is 14.3. The molecule has 28 heavy (non-hydrogen) atoms. The van der Waals surface area contributed by atoms with E-state index in [0.717, 1.165) is 16.7 Å². The van der Waals surface area contributed by atoms with Gasteiger partial charge in [0.25, 0.3) is 11.1 Å². The minimum absolute atomic E-state index is 0.137. The zero-order valence-corrected chi connectivity index (χ0v) is 15.1. The van der Waals surface area contributed by atoms with Crippen LogP contribution in [0.3, 0.4) is 0 Å². The monoisotopic (exact) mass is 400 g/mol. The van der Waals surface area contributed by atoms with Crippen molar-refractivity contribution in [3.05, 3.63) is 58.8 Å². The van der Waals surface area contributed by atoms with Crippen molar-refractivity contribution >= 4 is 40.6 Å². The average molecular weight is 400 g/mol. The number of fused-ring (bicyclic) bond motifs is 1. The first kappa shape index (κ1) is 18.1. The van der Waals surface area contributed by atoms with Gasteiger partial charge in [-0.15, -0.1) is 0 Å². The summed E-state index contributed by atoms with van der Waals surface area (Å²) in [5.74, 6) is -0.368. The molecule has 0 saturated carbocycles. The van der Waals surface area contributed by atoms with Crippen LogP contribution < -0.4 is 14.8 Å². The van der Waals surface area contributed by atoms with Gasteiger partial charge in [-0.1, -0.05) is 6.07 Å². The highest BCUT2D eigenvalue weighted by Gasteiger charge is 2.36. The molecule has 0 atom stereocenters. The molecular formula is C19H13FN2O5S. The summed E-state index contributed by atoms with van der Waals surface area (Å²) >= 11 is 0.757. The van der Waals surface area contributed by atoms with E-state index in [4.69, 9.17) is 9.47 Å². The molecule has 0 radical (unpaired) electrons. The maximum atomic E-state index is 12.9. The number of carbonyl (C=O) groups excluding carboxylic acids is 3. The van der Waals surface area contributed by atoms with Gasteiger partial charge in [-0.2, -0.15) is 0 Å². The number of nitrogens with zero attached hydrogens (tertiary/aromatic N) is 1. The van der Waals surface area contributed by atoms with Crippen LogP contribution in [-0.4, -0.2) is 35.3 Å². The van der Waals surface area contributed by atoms with E-state index in [9.17, 15) is 18.8 Å². The van der Waals surface area contributed by atoms with Crippen LogP contribution in [0, 0.1) is 5.82 Å². The molecule has 4 rings (SSSR count). The number of ether oxygens (including phenoxy) is 2. The molecule has 0 aliphatic carbocycles. The molecule has 1 saturated heterocycles. The molecule has 9 heteroatoms. The quantitative estimate of drug-likeness (QED) is 0.794. The third-order valence-corrected chi connectivity index (χ3v) is 4.91. The zero-order chi connectivity index (χ0) is 19.7. The molecule has 0 aromatic heterocycles. The second-order valence-electron chi connectivity index (χ2n) is 5.94. The predicted molar refractivity (Wildman–Crippen MR) is 100 cm³/mol. The summed E-state index contributed by atoms with van der Waals surface area (Å²) < 4.78 is 23.4. The van der Waals surface area contributed by atoms with Gasteiger partial charge in [0, 0.05) is 5.69 Å². The lowest BCUT2D eigenvalue weighted by Gasteiger charge is -2.12. The van der Waals surface area contributed by atoms with Crippen molar-refractivity contribution < 1.29 is 28.2 Å². The first-order valence-electron chi connectivity index (χ1n) is 8.20. The molecule has 2 aromatic rings. The van der Waals surface area contributed by atoms with Gasteiger partial charge < -0.3 is 14.8 Å². The highest BCUT2D eigenvalue weighted by molar-refractivity contribution is 8.18. The lowest BCUT2D eigenvalue weighted by Crippen LogP contribution is -2.36. The number of anilines is 1. The fraction of sp³-hybridized carbons (Fsp3) is 0.105. The van der Waals surface area contributed by atoms with Gasteiger partial charge in [0.1, 0.15) is 12.4 Å². The first-order chi connectivity index (χ1) is 13.5. The summed E-state index contributed by atoms with van der Waals surface area (Å²) in [6, 6.07) is 10.3. The minimum Gasteiger partial charge on any atom is -0.454 e. The Morgan fingerprint density at radius 1 is 1.14 bits per heavy atom. The summed E-state index contributed by atoms with van der Waals surface area (Å²) in [6.45, 7) is -0.293. The van der Waals surface area contributed by atoms with Crippen LogP contribution in [0.5, 0.6) is 11.5 Å². The van der Waals surface area contributed by atoms with E-state index in [1.165, 1.54) is 24.3 Å². The van der Waals surface area contributed by atoms with Gasteiger partial charge in [-0.3, -0.25) is 19.3 Å². The van der Waals surface area contributed by atoms with E-state index in [2.05, 4.69) is 5.32 Å². The van der Waals surface area contributed by atoms with Crippen molar-refractivity contribution in [2.24, 2.45) is 0 Å². The summed E-state index contributed by atoms with van der Waals surface area (Å²) in [7, 11) is 0. The second-order valence-corrected chi connectivity index (χ2v) is 6.93. The van der Waals surface area contributed by atoms with Crippen LogP contribution in [0.15, 0.2) is 47.4 Å². The van der Waals surface area contributed by atoms with Crippen LogP contribution in [-0.2, 0) is 9.59 Å². The summed E-state index contributed by atoms with van der Waals surface area (Å²) in [5.41, 5.74) is 1.04. The maximum absolute atomic E-state index is 12.9. The van der Waals surface area contributed by atoms with Gasteiger partial charge in [0.15, 0.2) is 11.5 Å². The van der Waals surface area contributed by atoms with E-state index in [-0.39, 0.29) is 11.7 Å². The topological polar surface area (TPSA) is 84.9 Å². The summed E-state index contributed by atoms with van der Waals surface area (Å²) in [6.07, 6.45) is 1.56. The molecule has 2 aliphatic rings. The molecular weight excluding hydrogens is 387 g/mol. The SMILES string of the molecule is O=C(CN1C(=O)S/C(=C\c2ccc3c(c2)OCO3)C1=O)Nc1ccc(F)cc1. The summed E-state index contributed by atoms with van der Waals surface area (Å²) in [5, 5.41) is 1.98. The van der Waals surface area contributed by atoms with Gasteiger partial charge >= 0.3 is 0 Å². The number of amides is 3. The Balaban J connectivity index is 1.44. The molecule has 1 fully saturated rings. The molecule has 2 heterocycles. The molecule has 3 amide bonds. The minimum atomic E-state index is -0.557. The molecule has 0 unspecified atom stereocenters. The largest absolute Gasteiger partial charge is 0.454 e. The van der Waals surface area contributed by atoms with E-state index in [1.54, 1.807) is 24.3 Å². The van der Waals surface area contributed by atoms with Gasteiger partial charge in [-0.05, 0) is 59.8 Å². The highest BCUT2D eigenvalue weighted by Crippen LogP contribution is 2.36. The number of imide groups is 1. The molecule has 7 nitrogen and oxygen atoms in total. The Kier molecular flexibility index (Phi) is 4.74. The van der Waals surface area contributed by atoms with E-state index >= 15 is 0 Å². The van der Waals surface area contributed by atoms with Gasteiger partial charge in [-0.25, -0.2) is 4.39 Å². The first-order valence-corrected chi connectivity index (χ1v) is 9.02. The molecule has 1 N–H and O–H groups in total. The van der Waals surface area contributed by atoms with E-state index in [1.807, 2.05) is 0 Å². The van der Waals surface area contributed by atoms with E-state index < -0.39 is 29.4 Å². The predicted octanol–water partition coefficient (Wildman–Crippen LogP) is 3.23. The van der Waals surface area contributed by atoms with Crippen molar-refractivity contribution in [1.82, 2.24) is 4.90 Å². The van der Waals surface area contributed by atoms with Crippen molar-refractivity contribution in [3.8, 4) is 11.5 Å². The summed E-state index contributed by atoms with van der Waals surface area (Å²) in [4.78, 5) is 37.9. The van der Waals surface area contributed by atoms with Gasteiger partial charge in [0.2, 0.25) is 12.7 Å². The highest BCUT2D eigenvalue weighted by atomic mass is 32.2. The number of benzene rings is 2. The molecule has 142 valence electrons. The van der Waals surface area contributed by atoms with Crippen molar-refractivity contribution in [1.29, 1.82) is 0 Å². The van der Waals surface area contributed by atoms with Gasteiger partial charge in [0.05, 0.1) is 4.91 Å². The number of halogens is 1. The number of hydrogen-bond donors (Lipinski definition) is 1. The number of rotatable bonds is 4. The third kappa shape index (κ3) is 3.70. The Morgan fingerprint density at radius 3 is 2.68 bits per heavy atom. The molecule has 0 bridgehead atoms. The normalized spacial score (nSPS) is 16.8. The fourth-order valence-corrected chi connectivity index (χ4v) is 3.51. The molecule has 2 aliphatic heterocycles. The third-order valence-electron chi connectivity index (χ3n) is 4.00. The number of nitrogens with one attached hydrogen (secondary N) is 1. The van der Waals surface area contributed by atoms with Crippen LogP contribution in [0.4, 0.5) is 14.9 Å². The Bertz CT molecular complexity index is 1010. The Morgan fingerprint density at radius 2 is 1.89 bits per heavy atom. The lowest BCUT2D eigenvalue weighted by molar-refractivity contribution is -0.127. The lowest BCUT2D eigenvalue weighted by atomic mass is 10.2. The van der Waals surface area contributed by atoms with E-state index in [0.29, 0.717) is 22.7 Å². The van der Waals surface area contributed by atoms with Crippen molar-refractivity contribution in [3.63, 3.8) is 0 Å². The standard InChI is InChI=1S/C19H13FN2O5S/c20-12-2-4-13(5-3-12)21-17(23)9-22-18(24)16(28-19(22)25)8-11-1-6-14-15(7-11)27-10-26-14/h1-8H,9-10H2,(H,21,23)/b16-8-. The second kappa shape index (κ2) is 7.35. The van der Waals surface area contributed by atoms with Crippen LogP contribution >= 0.6 is 11.8 Å². The van der Waals surface area contributed by atoms with Crippen molar-refractivity contribution in [2.75, 3.05) is 18.7 Å². The molecule has 0 spiro atoms. The van der Waals surface area contributed by atoms with Crippen molar-refractivity contribution in [2.45, 2.75) is 0 Å². The van der Waals surface area contributed by atoms with Crippen LogP contribution in [0.1, 0.15) is 5.56 Å². The number of hydrogen-bond acceptors (Lipinski definition) is 6. The van der Waals surface area contributed by atoms with Crippen LogP contribution in [0.25, 0.3) is 6.08 Å².